The molecule has 0 radical (unpaired) electrons. The second kappa shape index (κ2) is 7.55. The fourth-order valence-electron chi connectivity index (χ4n) is 3.37. The number of amides is 1. The summed E-state index contributed by atoms with van der Waals surface area (Å²) in [5, 5.41) is 12.4. The van der Waals surface area contributed by atoms with Gasteiger partial charge in [0.1, 0.15) is 6.54 Å². The Kier molecular flexibility index (Phi) is 5.90. The van der Waals surface area contributed by atoms with E-state index in [1.807, 2.05) is 13.8 Å². The summed E-state index contributed by atoms with van der Waals surface area (Å²) in [4.78, 5) is 14.3. The Balaban J connectivity index is 2.16. The molecule has 1 aromatic rings. The molecule has 0 saturated carbocycles. The number of hydrogen-bond donors (Lipinski definition) is 1. The van der Waals surface area contributed by atoms with Crippen LogP contribution in [0.5, 0.6) is 0 Å². The Morgan fingerprint density at radius 3 is 2.50 bits per heavy atom. The summed E-state index contributed by atoms with van der Waals surface area (Å²) in [7, 11) is 0. The zero-order valence-corrected chi connectivity index (χ0v) is 14.0. The number of carbonyl (C=O) groups excluding carboxylic acids is 1. The van der Waals surface area contributed by atoms with E-state index in [1.165, 1.54) is 6.20 Å². The van der Waals surface area contributed by atoms with Crippen LogP contribution in [0, 0.1) is 0 Å². The van der Waals surface area contributed by atoms with E-state index in [4.69, 9.17) is 5.11 Å². The van der Waals surface area contributed by atoms with Gasteiger partial charge in [0, 0.05) is 30.5 Å². The van der Waals surface area contributed by atoms with E-state index < -0.39 is 11.9 Å². The molecule has 1 aromatic heterocycles. The molecular formula is C16H24F3N3O2. The fourth-order valence-corrected chi connectivity index (χ4v) is 3.37. The van der Waals surface area contributed by atoms with Crippen molar-refractivity contribution >= 4 is 5.91 Å². The molecule has 1 aliphatic heterocycles. The maximum Gasteiger partial charge on any atom is 0.435 e. The summed E-state index contributed by atoms with van der Waals surface area (Å²) in [5.41, 5.74) is -0.951. The minimum Gasteiger partial charge on any atom is -0.396 e. The van der Waals surface area contributed by atoms with Gasteiger partial charge in [-0.25, -0.2) is 0 Å². The Labute approximate surface area is 139 Å². The molecule has 2 atom stereocenters. The molecule has 1 fully saturated rings. The van der Waals surface area contributed by atoms with Gasteiger partial charge in [-0.2, -0.15) is 18.3 Å². The number of nitrogens with zero attached hydrogens (tertiary/aromatic N) is 3. The maximum absolute atomic E-state index is 13.1. The van der Waals surface area contributed by atoms with Gasteiger partial charge in [-0.1, -0.05) is 0 Å². The first-order valence-electron chi connectivity index (χ1n) is 8.29. The van der Waals surface area contributed by atoms with Crippen LogP contribution in [-0.2, 0) is 23.9 Å². The minimum absolute atomic E-state index is 0.0177. The summed E-state index contributed by atoms with van der Waals surface area (Å²) >= 11 is 0. The predicted octanol–water partition coefficient (Wildman–Crippen LogP) is 2.62. The zero-order chi connectivity index (χ0) is 17.9. The van der Waals surface area contributed by atoms with Gasteiger partial charge >= 0.3 is 6.18 Å². The van der Waals surface area contributed by atoms with Crippen LogP contribution in [0.2, 0.25) is 0 Å². The van der Waals surface area contributed by atoms with Crippen molar-refractivity contribution in [3.05, 3.63) is 17.5 Å². The van der Waals surface area contributed by atoms with E-state index in [1.54, 1.807) is 4.90 Å². The number of carbonyl (C=O) groups is 1. The number of aliphatic hydroxyl groups is 1. The molecule has 0 aromatic carbocycles. The summed E-state index contributed by atoms with van der Waals surface area (Å²) in [6.45, 7) is 3.54. The lowest BCUT2D eigenvalue weighted by molar-refractivity contribution is -0.143. The molecule has 24 heavy (non-hydrogen) atoms. The lowest BCUT2D eigenvalue weighted by Crippen LogP contribution is -2.48. The number of alkyl halides is 3. The Morgan fingerprint density at radius 1 is 1.33 bits per heavy atom. The van der Waals surface area contributed by atoms with E-state index in [0.717, 1.165) is 23.9 Å². The van der Waals surface area contributed by atoms with Crippen LogP contribution < -0.4 is 0 Å². The molecule has 1 N–H and O–H groups in total. The van der Waals surface area contributed by atoms with Crippen molar-refractivity contribution < 1.29 is 23.1 Å². The van der Waals surface area contributed by atoms with Gasteiger partial charge < -0.3 is 10.0 Å². The quantitative estimate of drug-likeness (QED) is 0.891. The molecule has 0 unspecified atom stereocenters. The smallest absolute Gasteiger partial charge is 0.396 e. The van der Waals surface area contributed by atoms with Crippen LogP contribution >= 0.6 is 0 Å². The molecular weight excluding hydrogens is 323 g/mol. The van der Waals surface area contributed by atoms with Crippen LogP contribution in [-0.4, -0.2) is 44.4 Å². The average molecular weight is 347 g/mol. The summed E-state index contributed by atoms with van der Waals surface area (Å²) < 4.78 is 40.3. The van der Waals surface area contributed by atoms with Crippen LogP contribution in [0.25, 0.3) is 0 Å². The maximum atomic E-state index is 13.1. The number of aryl methyl sites for hydroxylation is 1. The Morgan fingerprint density at radius 2 is 1.96 bits per heavy atom. The summed E-state index contributed by atoms with van der Waals surface area (Å²) in [6, 6.07) is 0.181. The first kappa shape index (κ1) is 18.8. The van der Waals surface area contributed by atoms with Crippen LogP contribution in [0.15, 0.2) is 6.20 Å². The van der Waals surface area contributed by atoms with Gasteiger partial charge in [-0.05, 0) is 46.0 Å². The van der Waals surface area contributed by atoms with Crippen LogP contribution in [0.3, 0.4) is 0 Å². The lowest BCUT2D eigenvalue weighted by atomic mass is 9.97. The number of likely N-dealkylation sites (tertiary alicyclic amines) is 1. The first-order chi connectivity index (χ1) is 11.2. The van der Waals surface area contributed by atoms with Gasteiger partial charge in [0.25, 0.3) is 0 Å². The highest BCUT2D eigenvalue weighted by atomic mass is 19.4. The molecule has 1 aliphatic rings. The summed E-state index contributed by atoms with van der Waals surface area (Å²) in [5.74, 6) is -0.209. The molecule has 2 rings (SSSR count). The van der Waals surface area contributed by atoms with Gasteiger partial charge in [0.15, 0.2) is 5.69 Å². The second-order valence-electron chi connectivity index (χ2n) is 6.46. The van der Waals surface area contributed by atoms with Gasteiger partial charge in [-0.15, -0.1) is 0 Å². The third-order valence-corrected chi connectivity index (χ3v) is 4.49. The number of piperidine rings is 1. The average Bonchev–Trinajstić information content (AvgIpc) is 2.88. The number of aliphatic hydroxyl groups excluding tert-OH is 1. The third kappa shape index (κ3) is 4.28. The topological polar surface area (TPSA) is 58.4 Å². The van der Waals surface area contributed by atoms with Gasteiger partial charge in [-0.3, -0.25) is 9.48 Å². The van der Waals surface area contributed by atoms with E-state index in [2.05, 4.69) is 5.10 Å². The normalized spacial score (nSPS) is 22.0. The highest BCUT2D eigenvalue weighted by Gasteiger charge is 2.37. The zero-order valence-electron chi connectivity index (χ0n) is 14.0. The van der Waals surface area contributed by atoms with Gasteiger partial charge in [0.2, 0.25) is 5.91 Å². The Hall–Kier alpha value is -1.57. The van der Waals surface area contributed by atoms with Crippen molar-refractivity contribution in [1.82, 2.24) is 14.7 Å². The molecule has 5 nitrogen and oxygen atoms in total. The lowest BCUT2D eigenvalue weighted by Gasteiger charge is -2.39. The summed E-state index contributed by atoms with van der Waals surface area (Å²) in [6.07, 6.45) is -0.119. The largest absolute Gasteiger partial charge is 0.435 e. The SMILES string of the molecule is C[C@H]1CCC[C@H](C)N1C(=O)Cn1cc(CCCO)c(C(F)(F)F)n1. The molecule has 8 heteroatoms. The minimum atomic E-state index is -4.56. The van der Waals surface area contributed by atoms with Gasteiger partial charge in [0.05, 0.1) is 0 Å². The molecule has 0 bridgehead atoms. The second-order valence-corrected chi connectivity index (χ2v) is 6.46. The third-order valence-electron chi connectivity index (χ3n) is 4.49. The van der Waals surface area contributed by atoms with Crippen molar-refractivity contribution in [1.29, 1.82) is 0 Å². The first-order valence-corrected chi connectivity index (χ1v) is 8.29. The Bertz CT molecular complexity index is 561. The fraction of sp³-hybridized carbons (Fsp3) is 0.750. The predicted molar refractivity (Wildman–Crippen MR) is 82.3 cm³/mol. The highest BCUT2D eigenvalue weighted by Crippen LogP contribution is 2.31. The molecule has 2 heterocycles. The number of aromatic nitrogens is 2. The van der Waals surface area contributed by atoms with Crippen LogP contribution in [0.4, 0.5) is 13.2 Å². The van der Waals surface area contributed by atoms with Crippen molar-refractivity contribution in [2.24, 2.45) is 0 Å². The van der Waals surface area contributed by atoms with Crippen molar-refractivity contribution in [2.75, 3.05) is 6.61 Å². The van der Waals surface area contributed by atoms with Crippen molar-refractivity contribution in [2.45, 2.75) is 70.8 Å². The van der Waals surface area contributed by atoms with E-state index in [9.17, 15) is 18.0 Å². The van der Waals surface area contributed by atoms with Crippen molar-refractivity contribution in [3.8, 4) is 0 Å². The van der Waals surface area contributed by atoms with E-state index in [-0.39, 0.29) is 49.5 Å². The molecule has 0 spiro atoms. The van der Waals surface area contributed by atoms with Crippen molar-refractivity contribution in [3.63, 3.8) is 0 Å². The number of hydrogen-bond acceptors (Lipinski definition) is 3. The molecule has 1 saturated heterocycles. The molecule has 1 amide bonds. The van der Waals surface area contributed by atoms with E-state index in [0.29, 0.717) is 0 Å². The monoisotopic (exact) mass is 347 g/mol. The van der Waals surface area contributed by atoms with Crippen LogP contribution in [0.1, 0.15) is 50.8 Å². The van der Waals surface area contributed by atoms with E-state index >= 15 is 0 Å². The molecule has 0 aliphatic carbocycles. The molecule has 136 valence electrons. The standard InChI is InChI=1S/C16H24F3N3O2/c1-11-5-3-6-12(2)22(11)14(24)10-21-9-13(7-4-8-23)15(20-21)16(17,18)19/h9,11-12,23H,3-8,10H2,1-2H3/t11-,12-/m0/s1. The number of halogens is 3. The highest BCUT2D eigenvalue weighted by molar-refractivity contribution is 5.76. The number of rotatable bonds is 5.